The second-order valence-corrected chi connectivity index (χ2v) is 8.92. The zero-order chi connectivity index (χ0) is 21.4. The highest BCUT2D eigenvalue weighted by molar-refractivity contribution is 6.10. The van der Waals surface area contributed by atoms with Gasteiger partial charge in [0, 0.05) is 18.5 Å². The third kappa shape index (κ3) is 3.50. The van der Waals surface area contributed by atoms with Crippen LogP contribution in [0.1, 0.15) is 53.6 Å². The molecule has 0 N–H and O–H groups in total. The molecule has 2 aliphatic rings. The number of rotatable bonds is 5. The van der Waals surface area contributed by atoms with Crippen LogP contribution >= 0.6 is 0 Å². The Kier molecular flexibility index (Phi) is 5.23. The van der Waals surface area contributed by atoms with Gasteiger partial charge in [-0.25, -0.2) is 0 Å². The highest BCUT2D eigenvalue weighted by Gasteiger charge is 2.33. The van der Waals surface area contributed by atoms with Crippen molar-refractivity contribution in [2.24, 2.45) is 5.92 Å². The normalized spacial score (nSPS) is 16.5. The van der Waals surface area contributed by atoms with E-state index < -0.39 is 0 Å². The van der Waals surface area contributed by atoms with E-state index >= 15 is 0 Å². The van der Waals surface area contributed by atoms with Gasteiger partial charge in [-0.2, -0.15) is 0 Å². The molecule has 1 fully saturated rings. The van der Waals surface area contributed by atoms with Crippen molar-refractivity contribution in [3.63, 3.8) is 0 Å². The molecule has 31 heavy (non-hydrogen) atoms. The summed E-state index contributed by atoms with van der Waals surface area (Å²) in [6, 6.07) is 18.0. The summed E-state index contributed by atoms with van der Waals surface area (Å²) >= 11 is 0. The monoisotopic (exact) mass is 412 g/mol. The van der Waals surface area contributed by atoms with E-state index in [9.17, 15) is 9.59 Å². The second-order valence-electron chi connectivity index (χ2n) is 8.92. The lowest BCUT2D eigenvalue weighted by molar-refractivity contribution is -0.106. The largest absolute Gasteiger partial charge is 0.334 e. The van der Waals surface area contributed by atoms with E-state index in [0.717, 1.165) is 35.0 Å². The van der Waals surface area contributed by atoms with E-state index in [1.165, 1.54) is 37.7 Å². The fourth-order valence-corrected chi connectivity index (χ4v) is 5.32. The first-order chi connectivity index (χ1) is 15.2. The Hall–Kier alpha value is -3.14. The molecule has 0 aromatic heterocycles. The van der Waals surface area contributed by atoms with E-state index in [1.807, 2.05) is 53.4 Å². The molecule has 0 unspecified atom stereocenters. The van der Waals surface area contributed by atoms with E-state index in [1.54, 1.807) is 4.90 Å². The van der Waals surface area contributed by atoms with Crippen LogP contribution in [0.15, 0.2) is 54.6 Å². The molecular weight excluding hydrogens is 384 g/mol. The van der Waals surface area contributed by atoms with E-state index in [-0.39, 0.29) is 5.91 Å². The highest BCUT2D eigenvalue weighted by atomic mass is 16.2. The van der Waals surface area contributed by atoms with Crippen molar-refractivity contribution in [2.45, 2.75) is 45.6 Å². The van der Waals surface area contributed by atoms with E-state index in [4.69, 9.17) is 0 Å². The summed E-state index contributed by atoms with van der Waals surface area (Å²) in [6.07, 6.45) is 7.11. The smallest absolute Gasteiger partial charge is 0.256 e. The number of hydrogen-bond acceptors (Lipinski definition) is 2. The van der Waals surface area contributed by atoms with Crippen LogP contribution in [-0.2, 0) is 11.3 Å². The molecule has 0 saturated heterocycles. The Bertz CT molecular complexity index is 1150. The SMILES string of the molecule is Cc1ccc(N(C=O)c2cccc3c2C(=O)N(CC2CCCCC2)C3)c2ccccc12. The zero-order valence-electron chi connectivity index (χ0n) is 18.0. The van der Waals surface area contributed by atoms with Crippen molar-refractivity contribution in [1.82, 2.24) is 4.90 Å². The van der Waals surface area contributed by atoms with Crippen molar-refractivity contribution >= 4 is 34.5 Å². The molecule has 0 radical (unpaired) electrons. The number of amides is 2. The quantitative estimate of drug-likeness (QED) is 0.484. The van der Waals surface area contributed by atoms with Crippen LogP contribution < -0.4 is 4.90 Å². The van der Waals surface area contributed by atoms with Crippen molar-refractivity contribution in [1.29, 1.82) is 0 Å². The van der Waals surface area contributed by atoms with Crippen LogP contribution in [0.25, 0.3) is 10.8 Å². The van der Waals surface area contributed by atoms with Crippen LogP contribution in [-0.4, -0.2) is 23.8 Å². The van der Waals surface area contributed by atoms with Gasteiger partial charge in [-0.15, -0.1) is 0 Å². The minimum absolute atomic E-state index is 0.0550. The molecule has 4 nitrogen and oxygen atoms in total. The number of hydrogen-bond donors (Lipinski definition) is 0. The van der Waals surface area contributed by atoms with Crippen molar-refractivity contribution < 1.29 is 9.59 Å². The molecule has 158 valence electrons. The first-order valence-electron chi connectivity index (χ1n) is 11.3. The van der Waals surface area contributed by atoms with Crippen LogP contribution in [0, 0.1) is 12.8 Å². The number of anilines is 2. The fraction of sp³-hybridized carbons (Fsp3) is 0.333. The van der Waals surface area contributed by atoms with Crippen LogP contribution in [0.4, 0.5) is 11.4 Å². The predicted molar refractivity (Wildman–Crippen MR) is 125 cm³/mol. The molecule has 1 saturated carbocycles. The zero-order valence-corrected chi connectivity index (χ0v) is 18.0. The van der Waals surface area contributed by atoms with Gasteiger partial charge < -0.3 is 4.90 Å². The second kappa shape index (κ2) is 8.18. The molecule has 3 aromatic rings. The number of nitrogens with zero attached hydrogens (tertiary/aromatic N) is 2. The van der Waals surface area contributed by atoms with Gasteiger partial charge in [0.1, 0.15) is 0 Å². The molecule has 1 heterocycles. The van der Waals surface area contributed by atoms with Crippen molar-refractivity contribution in [3.8, 4) is 0 Å². The summed E-state index contributed by atoms with van der Waals surface area (Å²) in [5.74, 6) is 0.651. The lowest BCUT2D eigenvalue weighted by Gasteiger charge is -2.27. The molecule has 1 aliphatic heterocycles. The lowest BCUT2D eigenvalue weighted by Crippen LogP contribution is -2.31. The number of fused-ring (bicyclic) bond motifs is 2. The summed E-state index contributed by atoms with van der Waals surface area (Å²) in [4.78, 5) is 29.4. The predicted octanol–water partition coefficient (Wildman–Crippen LogP) is 5.98. The molecule has 2 amide bonds. The minimum Gasteiger partial charge on any atom is -0.334 e. The Morgan fingerprint density at radius 1 is 0.935 bits per heavy atom. The standard InChI is InChI=1S/C27H28N2O2/c1-19-14-15-24(23-12-6-5-11-22(19)23)29(18-30)25-13-7-10-21-17-28(27(31)26(21)25)16-20-8-3-2-4-9-20/h5-7,10-15,18,20H,2-4,8-9,16-17H2,1H3. The van der Waals surface area contributed by atoms with Gasteiger partial charge in [0.25, 0.3) is 5.91 Å². The number of carbonyl (C=O) groups is 2. The average molecular weight is 413 g/mol. The molecule has 5 rings (SSSR count). The summed E-state index contributed by atoms with van der Waals surface area (Å²) in [7, 11) is 0. The summed E-state index contributed by atoms with van der Waals surface area (Å²) < 4.78 is 0. The molecule has 4 heteroatoms. The Morgan fingerprint density at radius 3 is 2.48 bits per heavy atom. The summed E-state index contributed by atoms with van der Waals surface area (Å²) in [5, 5.41) is 2.13. The maximum Gasteiger partial charge on any atom is 0.256 e. The van der Waals surface area contributed by atoms with Gasteiger partial charge in [0.05, 0.1) is 16.9 Å². The Morgan fingerprint density at radius 2 is 1.71 bits per heavy atom. The van der Waals surface area contributed by atoms with Gasteiger partial charge in [0.15, 0.2) is 0 Å². The summed E-state index contributed by atoms with van der Waals surface area (Å²) in [6.45, 7) is 3.53. The first kappa shape index (κ1) is 19.8. The van der Waals surface area contributed by atoms with Crippen molar-refractivity contribution in [3.05, 3.63) is 71.3 Å². The minimum atomic E-state index is 0.0550. The highest BCUT2D eigenvalue weighted by Crippen LogP contribution is 2.38. The molecule has 0 atom stereocenters. The van der Waals surface area contributed by atoms with Gasteiger partial charge in [0.2, 0.25) is 6.41 Å². The third-order valence-electron chi connectivity index (χ3n) is 6.94. The maximum absolute atomic E-state index is 13.4. The topological polar surface area (TPSA) is 40.6 Å². The van der Waals surface area contributed by atoms with Gasteiger partial charge in [-0.05, 0) is 54.3 Å². The number of benzene rings is 3. The molecule has 0 bridgehead atoms. The molecule has 3 aromatic carbocycles. The molecular formula is C27H28N2O2. The molecule has 1 aliphatic carbocycles. The average Bonchev–Trinajstić information content (AvgIpc) is 3.12. The lowest BCUT2D eigenvalue weighted by atomic mass is 9.89. The van der Waals surface area contributed by atoms with Crippen LogP contribution in [0.5, 0.6) is 0 Å². The van der Waals surface area contributed by atoms with Gasteiger partial charge >= 0.3 is 0 Å². The fourth-order valence-electron chi connectivity index (χ4n) is 5.32. The van der Waals surface area contributed by atoms with E-state index in [0.29, 0.717) is 23.7 Å². The summed E-state index contributed by atoms with van der Waals surface area (Å²) in [5.41, 5.74) is 4.34. The molecule has 0 spiro atoms. The van der Waals surface area contributed by atoms with Gasteiger partial charge in [-0.1, -0.05) is 61.7 Å². The van der Waals surface area contributed by atoms with Crippen LogP contribution in [0.2, 0.25) is 0 Å². The van der Waals surface area contributed by atoms with Gasteiger partial charge in [-0.3, -0.25) is 14.5 Å². The van der Waals surface area contributed by atoms with E-state index in [2.05, 4.69) is 13.0 Å². The first-order valence-corrected chi connectivity index (χ1v) is 11.3. The van der Waals surface area contributed by atoms with Crippen LogP contribution in [0.3, 0.4) is 0 Å². The third-order valence-corrected chi connectivity index (χ3v) is 6.94. The number of aryl methyl sites for hydroxylation is 1. The number of carbonyl (C=O) groups excluding carboxylic acids is 2. The van der Waals surface area contributed by atoms with Crippen molar-refractivity contribution in [2.75, 3.05) is 11.4 Å². The Balaban J connectivity index is 1.53. The Labute approximate surface area is 183 Å². The maximum atomic E-state index is 13.4.